The maximum absolute atomic E-state index is 13.5. The Labute approximate surface area is 170 Å². The van der Waals surface area contributed by atoms with Gasteiger partial charge in [0.25, 0.3) is 5.91 Å². The van der Waals surface area contributed by atoms with Gasteiger partial charge < -0.3 is 9.88 Å². The first-order chi connectivity index (χ1) is 13.8. The molecule has 0 bridgehead atoms. The summed E-state index contributed by atoms with van der Waals surface area (Å²) in [7, 11) is -3.39. The average Bonchev–Trinajstić information content (AvgIpc) is 3.32. The number of amides is 1. The Morgan fingerprint density at radius 2 is 2.03 bits per heavy atom. The molecule has 11 heteroatoms. The van der Waals surface area contributed by atoms with E-state index in [9.17, 15) is 17.6 Å². The van der Waals surface area contributed by atoms with Crippen LogP contribution in [0, 0.1) is 5.82 Å². The highest BCUT2D eigenvalue weighted by Crippen LogP contribution is 2.30. The predicted octanol–water partition coefficient (Wildman–Crippen LogP) is 2.72. The van der Waals surface area contributed by atoms with Crippen LogP contribution in [0.1, 0.15) is 29.0 Å². The average molecular weight is 438 g/mol. The standard InChI is InChI=1S/C18H17ClFN5O3S/c19-14-5-10(20)6-15-13(14)8-16(21-15)18(26)24-3-4-25-11(9-24)7-17(22-25)23-29(27,28)12-1-2-12/h5-8,12,21H,1-4,9H2,(H,22,23). The summed E-state index contributed by atoms with van der Waals surface area (Å²) in [5.41, 5.74) is 1.51. The number of carbonyl (C=O) groups excluding carboxylic acids is 1. The van der Waals surface area contributed by atoms with Gasteiger partial charge in [0.05, 0.1) is 34.6 Å². The second-order valence-electron chi connectivity index (χ2n) is 7.35. The van der Waals surface area contributed by atoms with Gasteiger partial charge in [0.15, 0.2) is 5.82 Å². The molecular formula is C18H17ClFN5O3S. The van der Waals surface area contributed by atoms with E-state index in [0.717, 1.165) is 5.69 Å². The maximum Gasteiger partial charge on any atom is 0.270 e. The lowest BCUT2D eigenvalue weighted by molar-refractivity contribution is 0.0701. The van der Waals surface area contributed by atoms with Crippen molar-refractivity contribution in [2.75, 3.05) is 11.3 Å². The molecule has 2 aromatic heterocycles. The van der Waals surface area contributed by atoms with Gasteiger partial charge in [-0.15, -0.1) is 0 Å². The molecule has 3 aromatic rings. The lowest BCUT2D eigenvalue weighted by Crippen LogP contribution is -2.38. The summed E-state index contributed by atoms with van der Waals surface area (Å²) in [6.07, 6.45) is 1.34. The minimum absolute atomic E-state index is 0.236. The zero-order chi connectivity index (χ0) is 20.3. The zero-order valence-corrected chi connectivity index (χ0v) is 16.7. The number of nitrogens with one attached hydrogen (secondary N) is 2. The van der Waals surface area contributed by atoms with Crippen LogP contribution in [0.15, 0.2) is 24.3 Å². The molecular weight excluding hydrogens is 421 g/mol. The molecule has 29 heavy (non-hydrogen) atoms. The third-order valence-electron chi connectivity index (χ3n) is 5.18. The smallest absolute Gasteiger partial charge is 0.270 e. The highest BCUT2D eigenvalue weighted by Gasteiger charge is 2.36. The van der Waals surface area contributed by atoms with E-state index in [1.54, 1.807) is 21.7 Å². The summed E-state index contributed by atoms with van der Waals surface area (Å²) >= 11 is 6.06. The zero-order valence-electron chi connectivity index (χ0n) is 15.2. The van der Waals surface area contributed by atoms with E-state index < -0.39 is 15.8 Å². The molecule has 1 fully saturated rings. The molecule has 0 saturated heterocycles. The number of hydrogen-bond donors (Lipinski definition) is 2. The van der Waals surface area contributed by atoms with Gasteiger partial charge >= 0.3 is 0 Å². The fourth-order valence-corrected chi connectivity index (χ4v) is 5.12. The Kier molecular flexibility index (Phi) is 4.11. The van der Waals surface area contributed by atoms with Crippen molar-refractivity contribution < 1.29 is 17.6 Å². The molecule has 5 rings (SSSR count). The molecule has 0 radical (unpaired) electrons. The molecule has 0 spiro atoms. The second-order valence-corrected chi connectivity index (χ2v) is 9.72. The van der Waals surface area contributed by atoms with Gasteiger partial charge in [-0.2, -0.15) is 5.10 Å². The summed E-state index contributed by atoms with van der Waals surface area (Å²) in [5, 5.41) is 4.77. The molecule has 152 valence electrons. The first-order valence-corrected chi connectivity index (χ1v) is 11.1. The topological polar surface area (TPSA) is 100 Å². The fraction of sp³-hybridized carbons (Fsp3) is 0.333. The Morgan fingerprint density at radius 1 is 1.24 bits per heavy atom. The van der Waals surface area contributed by atoms with Crippen molar-refractivity contribution in [1.82, 2.24) is 19.7 Å². The van der Waals surface area contributed by atoms with Gasteiger partial charge in [-0.05, 0) is 31.0 Å². The summed E-state index contributed by atoms with van der Waals surface area (Å²) in [4.78, 5) is 17.5. The molecule has 0 unspecified atom stereocenters. The Hall–Kier alpha value is -2.59. The number of nitrogens with zero attached hydrogens (tertiary/aromatic N) is 3. The molecule has 1 aromatic carbocycles. The van der Waals surface area contributed by atoms with Gasteiger partial charge in [0, 0.05) is 18.0 Å². The Bertz CT molecular complexity index is 1250. The van der Waals surface area contributed by atoms with Crippen LogP contribution in [0.25, 0.3) is 10.9 Å². The van der Waals surface area contributed by atoms with E-state index in [2.05, 4.69) is 14.8 Å². The van der Waals surface area contributed by atoms with E-state index in [1.807, 2.05) is 0 Å². The number of carbonyl (C=O) groups is 1. The highest BCUT2D eigenvalue weighted by atomic mass is 35.5. The molecule has 0 atom stereocenters. The Balaban J connectivity index is 1.36. The van der Waals surface area contributed by atoms with E-state index >= 15 is 0 Å². The second kappa shape index (κ2) is 6.46. The van der Waals surface area contributed by atoms with Gasteiger partial charge in [-0.1, -0.05) is 11.6 Å². The number of fused-ring (bicyclic) bond motifs is 2. The van der Waals surface area contributed by atoms with E-state index in [0.29, 0.717) is 42.5 Å². The van der Waals surface area contributed by atoms with Crippen molar-refractivity contribution in [3.63, 3.8) is 0 Å². The minimum Gasteiger partial charge on any atom is -0.350 e. The number of aromatic amines is 1. The van der Waals surface area contributed by atoms with Crippen LogP contribution in [-0.4, -0.2) is 45.8 Å². The number of H-pyrrole nitrogens is 1. The predicted molar refractivity (Wildman–Crippen MR) is 106 cm³/mol. The van der Waals surface area contributed by atoms with E-state index in [-0.39, 0.29) is 28.5 Å². The van der Waals surface area contributed by atoms with Crippen molar-refractivity contribution in [1.29, 1.82) is 0 Å². The van der Waals surface area contributed by atoms with E-state index in [1.165, 1.54) is 12.1 Å². The quantitative estimate of drug-likeness (QED) is 0.655. The third-order valence-corrected chi connectivity index (χ3v) is 7.33. The van der Waals surface area contributed by atoms with Crippen LogP contribution >= 0.6 is 11.6 Å². The van der Waals surface area contributed by atoms with Crippen molar-refractivity contribution in [3.8, 4) is 0 Å². The molecule has 8 nitrogen and oxygen atoms in total. The number of sulfonamides is 1. The summed E-state index contributed by atoms with van der Waals surface area (Å²) in [6.45, 7) is 1.15. The van der Waals surface area contributed by atoms with Crippen LogP contribution in [0.4, 0.5) is 10.2 Å². The van der Waals surface area contributed by atoms with Gasteiger partial charge in [-0.25, -0.2) is 12.8 Å². The molecule has 3 heterocycles. The first-order valence-electron chi connectivity index (χ1n) is 9.15. The number of hydrogen-bond acceptors (Lipinski definition) is 4. The number of anilines is 1. The van der Waals surface area contributed by atoms with Crippen molar-refractivity contribution in [2.45, 2.75) is 31.2 Å². The molecule has 1 amide bonds. The molecule has 2 N–H and O–H groups in total. The molecule has 1 aliphatic carbocycles. The monoisotopic (exact) mass is 437 g/mol. The number of aromatic nitrogens is 3. The normalized spacial score (nSPS) is 16.8. The third kappa shape index (κ3) is 3.36. The van der Waals surface area contributed by atoms with Gasteiger partial charge in [-0.3, -0.25) is 14.2 Å². The summed E-state index contributed by atoms with van der Waals surface area (Å²) in [5.74, 6) is -0.453. The fourth-order valence-electron chi connectivity index (χ4n) is 3.54. The van der Waals surface area contributed by atoms with Crippen molar-refractivity contribution in [2.24, 2.45) is 0 Å². The number of benzene rings is 1. The lowest BCUT2D eigenvalue weighted by Gasteiger charge is -2.27. The highest BCUT2D eigenvalue weighted by molar-refractivity contribution is 7.93. The largest absolute Gasteiger partial charge is 0.350 e. The van der Waals surface area contributed by atoms with Crippen LogP contribution in [0.5, 0.6) is 0 Å². The van der Waals surface area contributed by atoms with Crippen LogP contribution in [-0.2, 0) is 23.1 Å². The van der Waals surface area contributed by atoms with Crippen LogP contribution < -0.4 is 4.72 Å². The Morgan fingerprint density at radius 3 is 2.79 bits per heavy atom. The van der Waals surface area contributed by atoms with Crippen molar-refractivity contribution in [3.05, 3.63) is 46.5 Å². The SMILES string of the molecule is O=C(c1cc2c(Cl)cc(F)cc2[nH]1)N1CCn2nc(NS(=O)(=O)C3CC3)cc2C1. The maximum atomic E-state index is 13.5. The molecule has 1 aliphatic heterocycles. The summed E-state index contributed by atoms with van der Waals surface area (Å²) in [6, 6.07) is 5.76. The van der Waals surface area contributed by atoms with Gasteiger partial charge in [0.1, 0.15) is 11.5 Å². The lowest BCUT2D eigenvalue weighted by atomic mass is 10.2. The first kappa shape index (κ1) is 18.4. The van der Waals surface area contributed by atoms with Crippen LogP contribution in [0.3, 0.4) is 0 Å². The summed E-state index contributed by atoms with van der Waals surface area (Å²) < 4.78 is 42.0. The van der Waals surface area contributed by atoms with Gasteiger partial charge in [0.2, 0.25) is 10.0 Å². The minimum atomic E-state index is -3.39. The molecule has 2 aliphatic rings. The van der Waals surface area contributed by atoms with Crippen molar-refractivity contribution >= 4 is 44.3 Å². The van der Waals surface area contributed by atoms with E-state index in [4.69, 9.17) is 11.6 Å². The number of rotatable bonds is 4. The van der Waals surface area contributed by atoms with Crippen LogP contribution in [0.2, 0.25) is 5.02 Å². The number of halogens is 2. The molecule has 1 saturated carbocycles.